The van der Waals surface area contributed by atoms with Crippen molar-refractivity contribution in [3.05, 3.63) is 51.4 Å². The standard InChI is InChI=1S/C14H8Br2O3S.Na/c15-13-9-3-1-2-4-10(9)14(16)12-7-8(20(17,18)19)5-6-11(12)13;/h1-7H,(H,17,18,19);/q;+1/p-1. The van der Waals surface area contributed by atoms with Crippen LogP contribution in [-0.2, 0) is 10.1 Å². The molecule has 0 saturated carbocycles. The number of hydrogen-bond acceptors (Lipinski definition) is 3. The van der Waals surface area contributed by atoms with Crippen molar-refractivity contribution in [2.24, 2.45) is 0 Å². The average molecular weight is 438 g/mol. The van der Waals surface area contributed by atoms with Crippen molar-refractivity contribution in [1.29, 1.82) is 0 Å². The van der Waals surface area contributed by atoms with Gasteiger partial charge in [0.25, 0.3) is 0 Å². The topological polar surface area (TPSA) is 57.2 Å². The van der Waals surface area contributed by atoms with Gasteiger partial charge in [-0.25, -0.2) is 8.42 Å². The molecular formula is C14H7Br2NaO3S. The maximum Gasteiger partial charge on any atom is 1.00 e. The Kier molecular flexibility index (Phi) is 5.20. The fraction of sp³-hybridized carbons (Fsp3) is 0. The van der Waals surface area contributed by atoms with Crippen LogP contribution in [0.25, 0.3) is 21.5 Å². The molecule has 3 aromatic carbocycles. The zero-order valence-corrected chi connectivity index (χ0v) is 16.9. The maximum atomic E-state index is 11.2. The second-order valence-corrected chi connectivity index (χ2v) is 7.30. The largest absolute Gasteiger partial charge is 1.00 e. The van der Waals surface area contributed by atoms with Crippen molar-refractivity contribution in [1.82, 2.24) is 0 Å². The van der Waals surface area contributed by atoms with Gasteiger partial charge in [-0.15, -0.1) is 0 Å². The van der Waals surface area contributed by atoms with E-state index >= 15 is 0 Å². The normalized spacial score (nSPS) is 11.6. The Hall–Kier alpha value is 0.0500. The Morgan fingerprint density at radius 2 is 1.29 bits per heavy atom. The van der Waals surface area contributed by atoms with E-state index in [9.17, 15) is 13.0 Å². The van der Waals surface area contributed by atoms with Gasteiger partial charge in [0.15, 0.2) is 0 Å². The van der Waals surface area contributed by atoms with Crippen molar-refractivity contribution in [2.45, 2.75) is 4.90 Å². The molecule has 0 saturated heterocycles. The number of hydrogen-bond donors (Lipinski definition) is 0. The third kappa shape index (κ3) is 3.08. The van der Waals surface area contributed by atoms with Crippen LogP contribution in [0.5, 0.6) is 0 Å². The second kappa shape index (κ2) is 6.28. The molecule has 0 radical (unpaired) electrons. The van der Waals surface area contributed by atoms with E-state index in [1.807, 2.05) is 24.3 Å². The first-order chi connectivity index (χ1) is 9.39. The first kappa shape index (κ1) is 17.4. The molecule has 21 heavy (non-hydrogen) atoms. The Morgan fingerprint density at radius 3 is 1.81 bits per heavy atom. The van der Waals surface area contributed by atoms with E-state index in [1.54, 1.807) is 6.07 Å². The molecule has 0 bridgehead atoms. The predicted octanol–water partition coefficient (Wildman–Crippen LogP) is 1.43. The van der Waals surface area contributed by atoms with Crippen LogP contribution in [0.2, 0.25) is 0 Å². The van der Waals surface area contributed by atoms with E-state index in [-0.39, 0.29) is 34.5 Å². The molecule has 0 aromatic heterocycles. The molecule has 0 aliphatic carbocycles. The van der Waals surface area contributed by atoms with Crippen LogP contribution >= 0.6 is 31.9 Å². The summed E-state index contributed by atoms with van der Waals surface area (Å²) in [6.45, 7) is 0. The minimum absolute atomic E-state index is 0. The van der Waals surface area contributed by atoms with Crippen LogP contribution in [0.4, 0.5) is 0 Å². The molecule has 0 N–H and O–H groups in total. The fourth-order valence-corrected chi connectivity index (χ4v) is 4.07. The van der Waals surface area contributed by atoms with Crippen LogP contribution in [0, 0.1) is 0 Å². The molecule has 0 aliphatic heterocycles. The molecular weight excluding hydrogens is 431 g/mol. The third-order valence-corrected chi connectivity index (χ3v) is 5.69. The summed E-state index contributed by atoms with van der Waals surface area (Å²) in [6.07, 6.45) is 0. The molecule has 0 spiro atoms. The van der Waals surface area contributed by atoms with Crippen molar-refractivity contribution in [2.75, 3.05) is 0 Å². The van der Waals surface area contributed by atoms with Gasteiger partial charge in [0.1, 0.15) is 10.1 Å². The van der Waals surface area contributed by atoms with Gasteiger partial charge in [-0.2, -0.15) is 0 Å². The molecule has 0 heterocycles. The molecule has 0 amide bonds. The van der Waals surface area contributed by atoms with E-state index in [4.69, 9.17) is 0 Å². The average Bonchev–Trinajstić information content (AvgIpc) is 2.43. The van der Waals surface area contributed by atoms with Crippen molar-refractivity contribution in [3.63, 3.8) is 0 Å². The molecule has 0 atom stereocenters. The van der Waals surface area contributed by atoms with Crippen LogP contribution in [0.15, 0.2) is 56.3 Å². The molecule has 7 heteroatoms. The maximum absolute atomic E-state index is 11.2. The SMILES string of the molecule is O=S(=O)([O-])c1ccc2c(Br)c3ccccc3c(Br)c2c1.[Na+]. The van der Waals surface area contributed by atoms with Crippen molar-refractivity contribution < 1.29 is 42.5 Å². The third-order valence-electron chi connectivity index (χ3n) is 3.15. The van der Waals surface area contributed by atoms with E-state index in [2.05, 4.69) is 31.9 Å². The van der Waals surface area contributed by atoms with Gasteiger partial charge in [0.2, 0.25) is 0 Å². The molecule has 0 fully saturated rings. The zero-order valence-electron chi connectivity index (χ0n) is 10.9. The quantitative estimate of drug-likeness (QED) is 0.328. The molecule has 3 rings (SSSR count). The van der Waals surface area contributed by atoms with E-state index in [1.165, 1.54) is 12.1 Å². The van der Waals surface area contributed by atoms with Crippen LogP contribution < -0.4 is 29.6 Å². The molecule has 0 aliphatic rings. The number of fused-ring (bicyclic) bond motifs is 2. The van der Waals surface area contributed by atoms with Crippen LogP contribution in [0.3, 0.4) is 0 Å². The number of rotatable bonds is 1. The summed E-state index contributed by atoms with van der Waals surface area (Å²) in [5.74, 6) is 0. The molecule has 0 unspecified atom stereocenters. The van der Waals surface area contributed by atoms with E-state index in [0.717, 1.165) is 25.1 Å². The summed E-state index contributed by atoms with van der Waals surface area (Å²) in [7, 11) is -4.46. The Balaban J connectivity index is 0.00000161. The van der Waals surface area contributed by atoms with Gasteiger partial charge in [0.05, 0.1) is 4.90 Å². The molecule has 3 nitrogen and oxygen atoms in total. The minimum Gasteiger partial charge on any atom is -0.744 e. The summed E-state index contributed by atoms with van der Waals surface area (Å²) in [6, 6.07) is 12.1. The Bertz CT molecular complexity index is 955. The smallest absolute Gasteiger partial charge is 0.744 e. The van der Waals surface area contributed by atoms with Gasteiger partial charge in [-0.05, 0) is 65.5 Å². The summed E-state index contributed by atoms with van der Waals surface area (Å²) in [5.41, 5.74) is 0. The van der Waals surface area contributed by atoms with Gasteiger partial charge in [-0.1, -0.05) is 30.3 Å². The Labute approximate surface area is 161 Å². The number of benzene rings is 3. The van der Waals surface area contributed by atoms with E-state index in [0.29, 0.717) is 5.39 Å². The first-order valence-corrected chi connectivity index (χ1v) is 8.64. The fourth-order valence-electron chi connectivity index (χ4n) is 2.21. The van der Waals surface area contributed by atoms with Crippen molar-refractivity contribution >= 4 is 63.5 Å². The minimum atomic E-state index is -4.46. The van der Waals surface area contributed by atoms with E-state index < -0.39 is 10.1 Å². The van der Waals surface area contributed by atoms with Crippen LogP contribution in [0.1, 0.15) is 0 Å². The van der Waals surface area contributed by atoms with Gasteiger partial charge in [-0.3, -0.25) is 0 Å². The first-order valence-electron chi connectivity index (χ1n) is 5.65. The molecule has 102 valence electrons. The van der Waals surface area contributed by atoms with Crippen LogP contribution in [-0.4, -0.2) is 13.0 Å². The summed E-state index contributed by atoms with van der Waals surface area (Å²) >= 11 is 7.04. The van der Waals surface area contributed by atoms with Gasteiger partial charge >= 0.3 is 29.6 Å². The summed E-state index contributed by atoms with van der Waals surface area (Å²) in [4.78, 5) is -0.229. The second-order valence-electron chi connectivity index (χ2n) is 4.34. The number of halogens is 2. The summed E-state index contributed by atoms with van der Waals surface area (Å²) in [5, 5.41) is 3.51. The molecule has 3 aromatic rings. The van der Waals surface area contributed by atoms with Gasteiger partial charge < -0.3 is 4.55 Å². The monoisotopic (exact) mass is 436 g/mol. The predicted molar refractivity (Wildman–Crippen MR) is 84.8 cm³/mol. The van der Waals surface area contributed by atoms with Gasteiger partial charge in [0, 0.05) is 8.95 Å². The zero-order chi connectivity index (χ0) is 14.5. The van der Waals surface area contributed by atoms with Crippen molar-refractivity contribution in [3.8, 4) is 0 Å². The summed E-state index contributed by atoms with van der Waals surface area (Å²) < 4.78 is 35.1. The Morgan fingerprint density at radius 1 is 0.810 bits per heavy atom.